The van der Waals surface area contributed by atoms with Gasteiger partial charge in [0, 0.05) is 12.6 Å². The lowest BCUT2D eigenvalue weighted by atomic mass is 9.77. The van der Waals surface area contributed by atoms with E-state index >= 15 is 0 Å². The Morgan fingerprint density at radius 2 is 1.54 bits per heavy atom. The summed E-state index contributed by atoms with van der Waals surface area (Å²) in [5.74, 6) is -2.12. The van der Waals surface area contributed by atoms with Gasteiger partial charge in [0.05, 0.1) is 29.7 Å². The smallest absolute Gasteiger partial charge is 0.428 e. The zero-order valence-electron chi connectivity index (χ0n) is 20.0. The van der Waals surface area contributed by atoms with Crippen LogP contribution in [0, 0.1) is 17.1 Å². The second-order valence-electron chi connectivity index (χ2n) is 8.75. The van der Waals surface area contributed by atoms with Crippen molar-refractivity contribution < 1.29 is 45.0 Å². The van der Waals surface area contributed by atoms with Gasteiger partial charge in [-0.05, 0) is 47.4 Å². The molecule has 3 rings (SSSR count). The Kier molecular flexibility index (Phi) is 9.19. The molecule has 0 aliphatic heterocycles. The molecule has 0 aromatic heterocycles. The highest BCUT2D eigenvalue weighted by atomic mass is 19.4. The molecular formula is C27H22F8N2O2. The molecule has 0 saturated heterocycles. The van der Waals surface area contributed by atoms with Crippen molar-refractivity contribution in [3.05, 3.63) is 101 Å². The summed E-state index contributed by atoms with van der Waals surface area (Å²) >= 11 is 0. The minimum absolute atomic E-state index is 0.118. The predicted octanol–water partition coefficient (Wildman–Crippen LogP) is 6.32. The van der Waals surface area contributed by atoms with Gasteiger partial charge >= 0.3 is 18.7 Å². The summed E-state index contributed by atoms with van der Waals surface area (Å²) in [6, 6.07) is 18.0. The van der Waals surface area contributed by atoms with Crippen molar-refractivity contribution in [3.8, 4) is 11.8 Å². The second kappa shape index (κ2) is 12.0. The Morgan fingerprint density at radius 1 is 0.897 bits per heavy atom. The van der Waals surface area contributed by atoms with Crippen LogP contribution in [-0.4, -0.2) is 36.5 Å². The van der Waals surface area contributed by atoms with Crippen molar-refractivity contribution in [2.45, 2.75) is 43.2 Å². The van der Waals surface area contributed by atoms with Crippen LogP contribution >= 0.6 is 0 Å². The van der Waals surface area contributed by atoms with E-state index in [2.05, 4.69) is 10.1 Å². The summed E-state index contributed by atoms with van der Waals surface area (Å²) in [6.45, 7) is -0.688. The molecule has 0 spiro atoms. The maximum atomic E-state index is 14.7. The highest BCUT2D eigenvalue weighted by molar-refractivity contribution is 5.46. The van der Waals surface area contributed by atoms with Crippen LogP contribution in [0.3, 0.4) is 0 Å². The van der Waals surface area contributed by atoms with Crippen molar-refractivity contribution in [3.63, 3.8) is 0 Å². The zero-order chi connectivity index (χ0) is 28.8. The molecule has 0 aliphatic rings. The lowest BCUT2D eigenvalue weighted by Crippen LogP contribution is -2.49. The average Bonchev–Trinajstić information content (AvgIpc) is 2.85. The van der Waals surface area contributed by atoms with Crippen LogP contribution in [0.15, 0.2) is 72.8 Å². The second-order valence-corrected chi connectivity index (χ2v) is 8.75. The molecule has 0 unspecified atom stereocenters. The van der Waals surface area contributed by atoms with Crippen LogP contribution in [-0.2, 0) is 12.0 Å². The standard InChI is InChI=1S/C27H22F8N2O2/c28-21-10-20(11-23(12-21)39-27(34,35)24(29)30)25(13-17-4-2-1-3-5-17,19-8-6-18(15-36)7-9-19)37-16-22(38)14-26(31,32)33/h1-12,22,24,37-38H,13-14,16H2/t22-,25-/m1/s1. The first-order valence-corrected chi connectivity index (χ1v) is 11.4. The van der Waals surface area contributed by atoms with Gasteiger partial charge in [-0.15, -0.1) is 0 Å². The third kappa shape index (κ3) is 7.91. The number of hydrogen-bond acceptors (Lipinski definition) is 4. The van der Waals surface area contributed by atoms with Crippen LogP contribution in [0.4, 0.5) is 35.1 Å². The SMILES string of the molecule is N#Cc1ccc([C@@](Cc2ccccc2)(NC[C@H](O)CC(F)(F)F)c2cc(F)cc(OC(F)(F)C(F)F)c2)cc1. The van der Waals surface area contributed by atoms with E-state index in [1.54, 1.807) is 30.3 Å². The first-order chi connectivity index (χ1) is 18.2. The maximum Gasteiger partial charge on any atom is 0.461 e. The van der Waals surface area contributed by atoms with Gasteiger partial charge in [0.25, 0.3) is 0 Å². The quantitative estimate of drug-likeness (QED) is 0.270. The number of halogens is 8. The number of alkyl halides is 7. The fourth-order valence-electron chi connectivity index (χ4n) is 4.07. The number of hydrogen-bond donors (Lipinski definition) is 2. The van der Waals surface area contributed by atoms with Gasteiger partial charge in [0.15, 0.2) is 0 Å². The van der Waals surface area contributed by atoms with Gasteiger partial charge in [0.1, 0.15) is 11.6 Å². The van der Waals surface area contributed by atoms with Crippen molar-refractivity contribution >= 4 is 0 Å². The molecule has 0 radical (unpaired) electrons. The fraction of sp³-hybridized carbons (Fsp3) is 0.296. The summed E-state index contributed by atoms with van der Waals surface area (Å²) in [5, 5.41) is 22.1. The molecule has 208 valence electrons. The van der Waals surface area contributed by atoms with Gasteiger partial charge in [0.2, 0.25) is 0 Å². The molecule has 2 N–H and O–H groups in total. The Hall–Kier alpha value is -3.69. The molecule has 3 aromatic carbocycles. The van der Waals surface area contributed by atoms with Gasteiger partial charge in [-0.1, -0.05) is 42.5 Å². The Bertz CT molecular complexity index is 1280. The van der Waals surface area contributed by atoms with Gasteiger partial charge < -0.3 is 15.2 Å². The molecule has 0 saturated carbocycles. The van der Waals surface area contributed by atoms with Crippen molar-refractivity contribution in [2.75, 3.05) is 6.54 Å². The number of aliphatic hydroxyl groups is 1. The molecule has 0 amide bonds. The monoisotopic (exact) mass is 558 g/mol. The lowest BCUT2D eigenvalue weighted by Gasteiger charge is -2.38. The van der Waals surface area contributed by atoms with Crippen LogP contribution < -0.4 is 10.1 Å². The predicted molar refractivity (Wildman–Crippen MR) is 125 cm³/mol. The van der Waals surface area contributed by atoms with E-state index < -0.39 is 54.9 Å². The van der Waals surface area contributed by atoms with Crippen molar-refractivity contribution in [2.24, 2.45) is 0 Å². The maximum absolute atomic E-state index is 14.7. The number of aliphatic hydroxyl groups excluding tert-OH is 1. The summed E-state index contributed by atoms with van der Waals surface area (Å²) in [4.78, 5) is 0. The summed E-state index contributed by atoms with van der Waals surface area (Å²) in [5.41, 5.74) is -0.854. The molecular weight excluding hydrogens is 536 g/mol. The van der Waals surface area contributed by atoms with Crippen LogP contribution in [0.25, 0.3) is 0 Å². The van der Waals surface area contributed by atoms with E-state index in [1.165, 1.54) is 24.3 Å². The third-order valence-electron chi connectivity index (χ3n) is 5.80. The van der Waals surface area contributed by atoms with E-state index in [4.69, 9.17) is 0 Å². The summed E-state index contributed by atoms with van der Waals surface area (Å²) in [6.07, 6.45) is -17.5. The van der Waals surface area contributed by atoms with Gasteiger partial charge in [-0.3, -0.25) is 0 Å². The topological polar surface area (TPSA) is 65.3 Å². The lowest BCUT2D eigenvalue weighted by molar-refractivity contribution is -0.253. The molecule has 0 fully saturated rings. The third-order valence-corrected chi connectivity index (χ3v) is 5.80. The first kappa shape index (κ1) is 29.9. The Morgan fingerprint density at radius 3 is 2.10 bits per heavy atom. The van der Waals surface area contributed by atoms with Gasteiger partial charge in [-0.2, -0.15) is 36.0 Å². The largest absolute Gasteiger partial charge is 0.461 e. The highest BCUT2D eigenvalue weighted by Crippen LogP contribution is 2.38. The Balaban J connectivity index is 2.21. The average molecular weight is 558 g/mol. The van der Waals surface area contributed by atoms with Crippen LogP contribution in [0.5, 0.6) is 5.75 Å². The molecule has 2 atom stereocenters. The molecule has 3 aromatic rings. The summed E-state index contributed by atoms with van der Waals surface area (Å²) in [7, 11) is 0. The zero-order valence-corrected chi connectivity index (χ0v) is 20.0. The van der Waals surface area contributed by atoms with Crippen molar-refractivity contribution in [1.29, 1.82) is 5.26 Å². The van der Waals surface area contributed by atoms with Crippen LogP contribution in [0.1, 0.15) is 28.7 Å². The van der Waals surface area contributed by atoms with E-state index in [9.17, 15) is 45.5 Å². The number of rotatable bonds is 11. The highest BCUT2D eigenvalue weighted by Gasteiger charge is 2.45. The minimum Gasteiger partial charge on any atom is -0.428 e. The van der Waals surface area contributed by atoms with E-state index in [0.717, 1.165) is 12.1 Å². The molecule has 4 nitrogen and oxygen atoms in total. The molecule has 39 heavy (non-hydrogen) atoms. The van der Waals surface area contributed by atoms with Crippen LogP contribution in [0.2, 0.25) is 0 Å². The molecule has 12 heteroatoms. The number of nitrogens with one attached hydrogen (secondary N) is 1. The van der Waals surface area contributed by atoms with E-state index in [0.29, 0.717) is 11.6 Å². The molecule has 0 bridgehead atoms. The Labute approximate surface area is 218 Å². The summed E-state index contributed by atoms with van der Waals surface area (Å²) < 4.78 is 110. The van der Waals surface area contributed by atoms with E-state index in [1.807, 2.05) is 6.07 Å². The molecule has 0 aliphatic carbocycles. The molecule has 0 heterocycles. The fourth-order valence-corrected chi connectivity index (χ4v) is 4.07. The van der Waals surface area contributed by atoms with Gasteiger partial charge in [-0.25, -0.2) is 4.39 Å². The van der Waals surface area contributed by atoms with E-state index in [-0.39, 0.29) is 23.1 Å². The normalized spacial score (nSPS) is 14.5. The number of nitriles is 1. The minimum atomic E-state index is -4.96. The number of nitrogens with zero attached hydrogens (tertiary/aromatic N) is 1. The number of benzene rings is 3. The first-order valence-electron chi connectivity index (χ1n) is 11.4. The number of ether oxygens (including phenoxy) is 1. The van der Waals surface area contributed by atoms with Crippen molar-refractivity contribution in [1.82, 2.24) is 5.32 Å².